The molecule has 0 saturated carbocycles. The van der Waals surface area contributed by atoms with E-state index >= 15 is 0 Å². The minimum Gasteiger partial charge on any atom is -0.492 e. The van der Waals surface area contributed by atoms with Crippen LogP contribution in [0.4, 0.5) is 5.69 Å². The van der Waals surface area contributed by atoms with Crippen LogP contribution in [0.15, 0.2) is 82.5 Å². The van der Waals surface area contributed by atoms with E-state index in [9.17, 15) is 18.0 Å². The van der Waals surface area contributed by atoms with Crippen molar-refractivity contribution in [2.75, 3.05) is 26.0 Å². The van der Waals surface area contributed by atoms with Crippen molar-refractivity contribution in [1.29, 1.82) is 0 Å². The number of amides is 1. The van der Waals surface area contributed by atoms with Crippen LogP contribution in [0, 0.1) is 0 Å². The van der Waals surface area contributed by atoms with Crippen molar-refractivity contribution in [1.82, 2.24) is 14.1 Å². The van der Waals surface area contributed by atoms with Crippen LogP contribution in [0.2, 0.25) is 0 Å². The minimum atomic E-state index is -3.84. The first-order valence-corrected chi connectivity index (χ1v) is 12.3. The molecule has 0 fully saturated rings. The molecule has 1 N–H and O–H groups in total. The number of hydrogen-bond donors (Lipinski definition) is 1. The molecule has 0 radical (unpaired) electrons. The molecule has 0 aliphatic carbocycles. The number of benzene rings is 3. The number of carbonyl (C=O) groups is 1. The Kier molecular flexibility index (Phi) is 6.68. The zero-order valence-electron chi connectivity index (χ0n) is 19.4. The summed E-state index contributed by atoms with van der Waals surface area (Å²) in [7, 11) is -1.01. The number of hydrogen-bond acceptors (Lipinski definition) is 6. The average Bonchev–Trinajstić information content (AvgIpc) is 2.85. The van der Waals surface area contributed by atoms with Crippen molar-refractivity contribution < 1.29 is 17.9 Å². The molecule has 0 aliphatic heterocycles. The Morgan fingerprint density at radius 1 is 1.00 bits per heavy atom. The van der Waals surface area contributed by atoms with E-state index in [1.54, 1.807) is 61.5 Å². The van der Waals surface area contributed by atoms with E-state index in [0.717, 1.165) is 4.31 Å². The predicted molar refractivity (Wildman–Crippen MR) is 134 cm³/mol. The van der Waals surface area contributed by atoms with Gasteiger partial charge in [0.1, 0.15) is 10.6 Å². The maximum atomic E-state index is 13.3. The van der Waals surface area contributed by atoms with E-state index in [-0.39, 0.29) is 34.2 Å². The molecular weight excluding hydrogens is 468 g/mol. The number of aromatic nitrogens is 2. The van der Waals surface area contributed by atoms with Gasteiger partial charge in [-0.3, -0.25) is 9.59 Å². The molecular formula is C25H24N4O5S. The monoisotopic (exact) mass is 492 g/mol. The first-order valence-electron chi connectivity index (χ1n) is 10.8. The van der Waals surface area contributed by atoms with Crippen LogP contribution in [0.5, 0.6) is 5.75 Å². The first kappa shape index (κ1) is 24.1. The summed E-state index contributed by atoms with van der Waals surface area (Å²) < 4.78 is 33.4. The van der Waals surface area contributed by atoms with Crippen LogP contribution in [0.1, 0.15) is 17.4 Å². The summed E-state index contributed by atoms with van der Waals surface area (Å²) in [5.41, 5.74) is 0.415. The number of sulfonamides is 1. The summed E-state index contributed by atoms with van der Waals surface area (Å²) in [4.78, 5) is 26.3. The fourth-order valence-corrected chi connectivity index (χ4v) is 4.60. The number of nitrogens with zero attached hydrogens (tertiary/aromatic N) is 3. The molecule has 3 aromatic carbocycles. The lowest BCUT2D eigenvalue weighted by Gasteiger charge is -2.17. The lowest BCUT2D eigenvalue weighted by molar-refractivity contribution is 0.102. The highest BCUT2D eigenvalue weighted by Gasteiger charge is 2.24. The SMILES string of the molecule is CCOc1ccc(NC(=O)c2nn(-c3ccccc3)c(=O)c3ccccc23)cc1S(=O)(=O)N(C)C. The lowest BCUT2D eigenvalue weighted by Crippen LogP contribution is -2.26. The Hall–Kier alpha value is -4.02. The average molecular weight is 493 g/mol. The maximum absolute atomic E-state index is 13.3. The number of para-hydroxylation sites is 1. The van der Waals surface area contributed by atoms with Crippen molar-refractivity contribution in [3.8, 4) is 11.4 Å². The van der Waals surface area contributed by atoms with Crippen LogP contribution >= 0.6 is 0 Å². The molecule has 0 spiro atoms. The van der Waals surface area contributed by atoms with Crippen molar-refractivity contribution in [3.63, 3.8) is 0 Å². The van der Waals surface area contributed by atoms with Gasteiger partial charge in [-0.1, -0.05) is 36.4 Å². The van der Waals surface area contributed by atoms with Gasteiger partial charge in [0, 0.05) is 25.2 Å². The molecule has 10 heteroatoms. The number of ether oxygens (including phenoxy) is 1. The zero-order chi connectivity index (χ0) is 25.2. The predicted octanol–water partition coefficient (Wildman–Crippen LogP) is 3.29. The van der Waals surface area contributed by atoms with Crippen LogP contribution in [-0.2, 0) is 10.0 Å². The molecule has 9 nitrogen and oxygen atoms in total. The molecule has 0 unspecified atom stereocenters. The van der Waals surface area contributed by atoms with Crippen LogP contribution in [-0.4, -0.2) is 49.1 Å². The largest absolute Gasteiger partial charge is 0.492 e. The quantitative estimate of drug-likeness (QED) is 0.424. The lowest BCUT2D eigenvalue weighted by atomic mass is 10.1. The van der Waals surface area contributed by atoms with Gasteiger partial charge in [0.15, 0.2) is 5.69 Å². The molecule has 0 saturated heterocycles. The minimum absolute atomic E-state index is 0.0231. The van der Waals surface area contributed by atoms with Gasteiger partial charge in [-0.25, -0.2) is 12.7 Å². The highest BCUT2D eigenvalue weighted by atomic mass is 32.2. The number of nitrogens with one attached hydrogen (secondary N) is 1. The third kappa shape index (κ3) is 4.66. The Morgan fingerprint density at radius 3 is 2.31 bits per heavy atom. The Morgan fingerprint density at radius 2 is 1.66 bits per heavy atom. The summed E-state index contributed by atoms with van der Waals surface area (Å²) in [5.74, 6) is -0.413. The topological polar surface area (TPSA) is 111 Å². The van der Waals surface area contributed by atoms with Gasteiger partial charge in [0.25, 0.3) is 11.5 Å². The third-order valence-corrected chi connectivity index (χ3v) is 7.12. The Balaban J connectivity index is 1.81. The number of carbonyl (C=O) groups excluding carboxylic acids is 1. The fourth-order valence-electron chi connectivity index (χ4n) is 3.55. The molecule has 4 aromatic rings. The van der Waals surface area contributed by atoms with Crippen molar-refractivity contribution in [3.05, 3.63) is 88.8 Å². The number of rotatable bonds is 7. The van der Waals surface area contributed by atoms with Gasteiger partial charge in [0.05, 0.1) is 17.7 Å². The molecule has 4 rings (SSSR count). The van der Waals surface area contributed by atoms with E-state index in [2.05, 4.69) is 10.4 Å². The summed E-state index contributed by atoms with van der Waals surface area (Å²) >= 11 is 0. The summed E-state index contributed by atoms with van der Waals surface area (Å²) in [6, 6.07) is 19.9. The molecule has 0 atom stereocenters. The van der Waals surface area contributed by atoms with Crippen molar-refractivity contribution in [2.24, 2.45) is 0 Å². The summed E-state index contributed by atoms with van der Waals surface area (Å²) in [6.45, 7) is 2.03. The van der Waals surface area contributed by atoms with Gasteiger partial charge in [-0.2, -0.15) is 9.78 Å². The van der Waals surface area contributed by atoms with Gasteiger partial charge in [-0.05, 0) is 43.3 Å². The normalized spacial score (nSPS) is 11.5. The van der Waals surface area contributed by atoms with E-state index in [1.165, 1.54) is 30.9 Å². The van der Waals surface area contributed by atoms with Crippen LogP contribution in [0.25, 0.3) is 16.5 Å². The highest BCUT2D eigenvalue weighted by Crippen LogP contribution is 2.29. The molecule has 1 heterocycles. The molecule has 0 bridgehead atoms. The second-order valence-electron chi connectivity index (χ2n) is 7.78. The highest BCUT2D eigenvalue weighted by molar-refractivity contribution is 7.89. The smallest absolute Gasteiger partial charge is 0.279 e. The number of fused-ring (bicyclic) bond motifs is 1. The molecule has 0 aliphatic rings. The van der Waals surface area contributed by atoms with Gasteiger partial charge >= 0.3 is 0 Å². The maximum Gasteiger partial charge on any atom is 0.279 e. The standard InChI is InChI=1S/C25H24N4O5S/c1-4-34-21-15-14-17(16-22(21)35(32,33)28(2)3)26-24(30)23-19-12-8-9-13-20(19)25(31)29(27-23)18-10-6-5-7-11-18/h5-16H,4H2,1-3H3,(H,26,30). The second kappa shape index (κ2) is 9.69. The van der Waals surface area contributed by atoms with Gasteiger partial charge in [-0.15, -0.1) is 0 Å². The van der Waals surface area contributed by atoms with E-state index in [1.807, 2.05) is 6.07 Å². The van der Waals surface area contributed by atoms with Crippen LogP contribution < -0.4 is 15.6 Å². The Bertz CT molecular complexity index is 1560. The van der Waals surface area contributed by atoms with E-state index in [4.69, 9.17) is 4.74 Å². The number of anilines is 1. The van der Waals surface area contributed by atoms with Gasteiger partial charge < -0.3 is 10.1 Å². The van der Waals surface area contributed by atoms with E-state index in [0.29, 0.717) is 16.5 Å². The third-order valence-electron chi connectivity index (χ3n) is 5.28. The molecule has 1 amide bonds. The van der Waals surface area contributed by atoms with Crippen molar-refractivity contribution in [2.45, 2.75) is 11.8 Å². The zero-order valence-corrected chi connectivity index (χ0v) is 20.2. The van der Waals surface area contributed by atoms with Crippen LogP contribution in [0.3, 0.4) is 0 Å². The summed E-state index contributed by atoms with van der Waals surface area (Å²) in [6.07, 6.45) is 0. The molecule has 35 heavy (non-hydrogen) atoms. The Labute approximate surface area is 202 Å². The van der Waals surface area contributed by atoms with Crippen molar-refractivity contribution >= 4 is 32.4 Å². The van der Waals surface area contributed by atoms with Gasteiger partial charge in [0.2, 0.25) is 10.0 Å². The molecule has 180 valence electrons. The van der Waals surface area contributed by atoms with E-state index < -0.39 is 15.9 Å². The fraction of sp³-hybridized carbons (Fsp3) is 0.160. The summed E-state index contributed by atoms with van der Waals surface area (Å²) in [5, 5.41) is 7.78. The first-order chi connectivity index (χ1) is 16.7. The second-order valence-corrected chi connectivity index (χ2v) is 9.90. The molecule has 1 aromatic heterocycles.